The number of carbonyl (C=O) groups excluding carboxylic acids is 1. The van der Waals surface area contributed by atoms with E-state index in [1.807, 2.05) is 19.1 Å². The van der Waals surface area contributed by atoms with E-state index in [1.54, 1.807) is 18.9 Å². The van der Waals surface area contributed by atoms with Gasteiger partial charge in [-0.25, -0.2) is 4.79 Å². The van der Waals surface area contributed by atoms with Crippen molar-refractivity contribution in [3.05, 3.63) is 71.4 Å². The highest BCUT2D eigenvalue weighted by Crippen LogP contribution is 2.31. The lowest BCUT2D eigenvalue weighted by molar-refractivity contribution is -0.137. The van der Waals surface area contributed by atoms with E-state index >= 15 is 0 Å². The molecule has 29 heavy (non-hydrogen) atoms. The lowest BCUT2D eigenvalue weighted by Crippen LogP contribution is -2.02. The molecule has 5 heteroatoms. The number of aromatic nitrogens is 1. The number of hydrogen-bond donors (Lipinski definition) is 0. The molecular formula is C24H27NO3S. The molecule has 152 valence electrons. The first-order chi connectivity index (χ1) is 14.1. The number of fused-ring (bicyclic) bond motifs is 1. The van der Waals surface area contributed by atoms with E-state index in [0.29, 0.717) is 13.0 Å². The summed E-state index contributed by atoms with van der Waals surface area (Å²) in [5.74, 6) is 0.523. The van der Waals surface area contributed by atoms with Crippen LogP contribution in [0.2, 0.25) is 0 Å². The summed E-state index contributed by atoms with van der Waals surface area (Å²) in [6.45, 7) is 5.12. The third-order valence-electron chi connectivity index (χ3n) is 5.02. The summed E-state index contributed by atoms with van der Waals surface area (Å²) in [7, 11) is 1.68. The molecule has 0 amide bonds. The summed E-state index contributed by atoms with van der Waals surface area (Å²) in [6.07, 6.45) is 6.12. The van der Waals surface area contributed by atoms with Crippen LogP contribution in [0.5, 0.6) is 5.75 Å². The van der Waals surface area contributed by atoms with Crippen molar-refractivity contribution in [1.29, 1.82) is 0 Å². The molecule has 2 aromatic carbocycles. The van der Waals surface area contributed by atoms with Crippen molar-refractivity contribution < 1.29 is 14.3 Å². The topological polar surface area (TPSA) is 40.5 Å². The van der Waals surface area contributed by atoms with Crippen LogP contribution in [0.1, 0.15) is 23.7 Å². The number of carbonyl (C=O) groups is 1. The minimum atomic E-state index is -0.305. The molecule has 3 aromatic rings. The molecule has 0 saturated heterocycles. The highest BCUT2D eigenvalue weighted by atomic mass is 32.2. The van der Waals surface area contributed by atoms with Gasteiger partial charge in [0.2, 0.25) is 0 Å². The Morgan fingerprint density at radius 2 is 1.93 bits per heavy atom. The molecule has 0 spiro atoms. The molecule has 4 nitrogen and oxygen atoms in total. The maximum Gasteiger partial charge on any atom is 0.330 e. The third kappa shape index (κ3) is 4.85. The van der Waals surface area contributed by atoms with Gasteiger partial charge in [-0.05, 0) is 68.0 Å². The minimum Gasteiger partial charge on any atom is -0.497 e. The zero-order valence-electron chi connectivity index (χ0n) is 17.4. The van der Waals surface area contributed by atoms with Crippen LogP contribution < -0.4 is 4.74 Å². The Morgan fingerprint density at radius 3 is 2.59 bits per heavy atom. The smallest absolute Gasteiger partial charge is 0.330 e. The highest BCUT2D eigenvalue weighted by molar-refractivity contribution is 7.98. The number of methoxy groups -OCH3 is 1. The van der Waals surface area contributed by atoms with Crippen molar-refractivity contribution in [3.8, 4) is 5.75 Å². The highest BCUT2D eigenvalue weighted by Gasteiger charge is 2.14. The molecule has 0 radical (unpaired) electrons. The zero-order valence-corrected chi connectivity index (χ0v) is 18.2. The van der Waals surface area contributed by atoms with E-state index < -0.39 is 0 Å². The van der Waals surface area contributed by atoms with Crippen LogP contribution in [-0.4, -0.2) is 30.5 Å². The molecule has 3 rings (SSSR count). The Bertz CT molecular complexity index is 1020. The third-order valence-corrected chi connectivity index (χ3v) is 5.77. The summed E-state index contributed by atoms with van der Waals surface area (Å²) in [6, 6.07) is 14.9. The fraction of sp³-hybridized carbons (Fsp3) is 0.292. The minimum absolute atomic E-state index is 0.305. The van der Waals surface area contributed by atoms with E-state index in [4.69, 9.17) is 9.47 Å². The Balaban J connectivity index is 1.98. The van der Waals surface area contributed by atoms with Crippen LogP contribution in [0.4, 0.5) is 0 Å². The standard InChI is InChI=1S/C24H27NO3S/c1-5-28-24(26)8-6-7-21-17(2)25(16-18-9-12-20(29-4)13-10-18)23-14-11-19(27-3)15-22(21)23/h6,8-15H,5,7,16H2,1-4H3/b8-6+. The van der Waals surface area contributed by atoms with Crippen molar-refractivity contribution >= 4 is 28.6 Å². The van der Waals surface area contributed by atoms with Crippen LogP contribution in [0, 0.1) is 6.92 Å². The number of thioether (sulfide) groups is 1. The fourth-order valence-corrected chi connectivity index (χ4v) is 3.90. The first kappa shape index (κ1) is 21.1. The first-order valence-electron chi connectivity index (χ1n) is 9.69. The summed E-state index contributed by atoms with van der Waals surface area (Å²) in [4.78, 5) is 12.9. The Hall–Kier alpha value is -2.66. The zero-order chi connectivity index (χ0) is 20.8. The summed E-state index contributed by atoms with van der Waals surface area (Å²) in [5, 5.41) is 1.15. The number of rotatable bonds is 8. The fourth-order valence-electron chi connectivity index (χ4n) is 3.50. The maximum absolute atomic E-state index is 11.6. The van der Waals surface area contributed by atoms with Crippen LogP contribution in [0.25, 0.3) is 10.9 Å². The van der Waals surface area contributed by atoms with Gasteiger partial charge in [0.25, 0.3) is 0 Å². The number of nitrogens with zero attached hydrogens (tertiary/aromatic N) is 1. The van der Waals surface area contributed by atoms with Gasteiger partial charge in [-0.3, -0.25) is 0 Å². The van der Waals surface area contributed by atoms with Crippen molar-refractivity contribution in [1.82, 2.24) is 4.57 Å². The Kier molecular flexibility index (Phi) is 7.04. The normalized spacial score (nSPS) is 11.3. The summed E-state index contributed by atoms with van der Waals surface area (Å²) in [5.41, 5.74) is 4.81. The maximum atomic E-state index is 11.6. The van der Waals surface area contributed by atoms with Crippen LogP contribution in [-0.2, 0) is 22.5 Å². The monoisotopic (exact) mass is 409 g/mol. The molecule has 0 atom stereocenters. The molecule has 0 N–H and O–H groups in total. The van der Waals surface area contributed by atoms with Gasteiger partial charge in [0, 0.05) is 34.1 Å². The number of esters is 1. The quantitative estimate of drug-likeness (QED) is 0.284. The van der Waals surface area contributed by atoms with Crippen molar-refractivity contribution in [2.24, 2.45) is 0 Å². The number of allylic oxidation sites excluding steroid dienone is 1. The second kappa shape index (κ2) is 9.70. The Labute approximate surface area is 176 Å². The average Bonchev–Trinajstić information content (AvgIpc) is 2.99. The average molecular weight is 410 g/mol. The van der Waals surface area contributed by atoms with E-state index in [-0.39, 0.29) is 5.97 Å². The van der Waals surface area contributed by atoms with Gasteiger partial charge in [0.15, 0.2) is 0 Å². The summed E-state index contributed by atoms with van der Waals surface area (Å²) < 4.78 is 12.8. The van der Waals surface area contributed by atoms with Crippen molar-refractivity contribution in [3.63, 3.8) is 0 Å². The van der Waals surface area contributed by atoms with Gasteiger partial charge in [0.05, 0.1) is 13.7 Å². The van der Waals surface area contributed by atoms with Crippen LogP contribution in [0.15, 0.2) is 59.5 Å². The molecule has 0 unspecified atom stereocenters. The number of hydrogen-bond acceptors (Lipinski definition) is 4. The van der Waals surface area contributed by atoms with E-state index in [0.717, 1.165) is 23.2 Å². The second-order valence-corrected chi connectivity index (χ2v) is 7.62. The number of ether oxygens (including phenoxy) is 2. The SMILES string of the molecule is CCOC(=O)/C=C/Cc1c(C)n(Cc2ccc(SC)cc2)c2ccc(OC)cc12. The molecule has 0 aliphatic heterocycles. The van der Waals surface area contributed by atoms with Crippen LogP contribution >= 0.6 is 11.8 Å². The van der Waals surface area contributed by atoms with Gasteiger partial charge in [0.1, 0.15) is 5.75 Å². The molecule has 1 heterocycles. The Morgan fingerprint density at radius 1 is 1.17 bits per heavy atom. The predicted octanol–water partition coefficient (Wildman–Crippen LogP) is 5.39. The van der Waals surface area contributed by atoms with Gasteiger partial charge in [-0.2, -0.15) is 0 Å². The molecular weight excluding hydrogens is 382 g/mol. The molecule has 0 aliphatic carbocycles. The van der Waals surface area contributed by atoms with Gasteiger partial charge >= 0.3 is 5.97 Å². The number of benzene rings is 2. The van der Waals surface area contributed by atoms with Crippen molar-refractivity contribution in [2.45, 2.75) is 31.7 Å². The van der Waals surface area contributed by atoms with E-state index in [1.165, 1.54) is 27.8 Å². The lowest BCUT2D eigenvalue weighted by Gasteiger charge is -2.10. The van der Waals surface area contributed by atoms with Crippen LogP contribution in [0.3, 0.4) is 0 Å². The van der Waals surface area contributed by atoms with Crippen molar-refractivity contribution in [2.75, 3.05) is 20.0 Å². The summed E-state index contributed by atoms with van der Waals surface area (Å²) >= 11 is 1.75. The molecule has 0 bridgehead atoms. The largest absolute Gasteiger partial charge is 0.497 e. The molecule has 0 aliphatic rings. The molecule has 0 fully saturated rings. The molecule has 1 aromatic heterocycles. The lowest BCUT2D eigenvalue weighted by atomic mass is 10.1. The van der Waals surface area contributed by atoms with E-state index in [2.05, 4.69) is 54.1 Å². The first-order valence-corrected chi connectivity index (χ1v) is 10.9. The van der Waals surface area contributed by atoms with Gasteiger partial charge < -0.3 is 14.0 Å². The second-order valence-electron chi connectivity index (χ2n) is 6.74. The van der Waals surface area contributed by atoms with Gasteiger partial charge in [-0.1, -0.05) is 18.2 Å². The van der Waals surface area contributed by atoms with Gasteiger partial charge in [-0.15, -0.1) is 11.8 Å². The predicted molar refractivity (Wildman–Crippen MR) is 120 cm³/mol. The van der Waals surface area contributed by atoms with E-state index in [9.17, 15) is 4.79 Å². The molecule has 0 saturated carbocycles.